The minimum Gasteiger partial charge on any atom is -0.478 e. The van der Waals surface area contributed by atoms with Gasteiger partial charge in [0.15, 0.2) is 0 Å². The van der Waals surface area contributed by atoms with E-state index in [0.717, 1.165) is 30.6 Å². The first-order valence-electron chi connectivity index (χ1n) is 8.84. The molecule has 0 aromatic heterocycles. The van der Waals surface area contributed by atoms with Crippen LogP contribution in [-0.2, 0) is 4.74 Å². The maximum Gasteiger partial charge on any atom is 0.335 e. The molecular formula is C21H23NO4. The van der Waals surface area contributed by atoms with Gasteiger partial charge in [-0.05, 0) is 49.1 Å². The highest BCUT2D eigenvalue weighted by molar-refractivity contribution is 5.97. The number of amides is 1. The first-order valence-corrected chi connectivity index (χ1v) is 8.84. The summed E-state index contributed by atoms with van der Waals surface area (Å²) in [6.07, 6.45) is 1.92. The van der Waals surface area contributed by atoms with Crippen LogP contribution in [0.3, 0.4) is 0 Å². The molecule has 3 rings (SSSR count). The van der Waals surface area contributed by atoms with E-state index in [-0.39, 0.29) is 23.5 Å². The van der Waals surface area contributed by atoms with E-state index in [4.69, 9.17) is 9.84 Å². The molecule has 1 aliphatic rings. The van der Waals surface area contributed by atoms with Gasteiger partial charge in [0.2, 0.25) is 0 Å². The Morgan fingerprint density at radius 3 is 2.62 bits per heavy atom. The van der Waals surface area contributed by atoms with Crippen LogP contribution in [0.25, 0.3) is 0 Å². The largest absolute Gasteiger partial charge is 0.478 e. The Kier molecular flexibility index (Phi) is 5.68. The summed E-state index contributed by atoms with van der Waals surface area (Å²) in [6.45, 7) is 3.00. The van der Waals surface area contributed by atoms with Crippen molar-refractivity contribution in [3.63, 3.8) is 0 Å². The van der Waals surface area contributed by atoms with Gasteiger partial charge < -0.3 is 15.2 Å². The number of carboxylic acids is 1. The molecule has 5 nitrogen and oxygen atoms in total. The number of hydrogen-bond donors (Lipinski definition) is 2. The molecule has 5 heteroatoms. The topological polar surface area (TPSA) is 75.6 Å². The summed E-state index contributed by atoms with van der Waals surface area (Å²) < 4.78 is 5.96. The average molecular weight is 353 g/mol. The maximum atomic E-state index is 12.5. The van der Waals surface area contributed by atoms with E-state index in [9.17, 15) is 9.59 Å². The maximum absolute atomic E-state index is 12.5. The standard InChI is InChI=1S/C21H23NO4/c1-14-10-17(12-18(11-14)21(24)25)20(23)22-13-16-8-5-9-26-19(16)15-6-3-2-4-7-15/h2-4,6-7,10-12,16,19H,5,8-9,13H2,1H3,(H,22,23)(H,24,25). The molecule has 0 spiro atoms. The highest BCUT2D eigenvalue weighted by atomic mass is 16.5. The Morgan fingerprint density at radius 1 is 1.15 bits per heavy atom. The normalized spacial score (nSPS) is 19.7. The quantitative estimate of drug-likeness (QED) is 0.861. The van der Waals surface area contributed by atoms with E-state index in [1.165, 1.54) is 6.07 Å². The van der Waals surface area contributed by atoms with Gasteiger partial charge in [0.25, 0.3) is 5.91 Å². The van der Waals surface area contributed by atoms with Gasteiger partial charge in [-0.1, -0.05) is 30.3 Å². The van der Waals surface area contributed by atoms with E-state index >= 15 is 0 Å². The number of ether oxygens (including phenoxy) is 1. The van der Waals surface area contributed by atoms with Crippen LogP contribution in [0.15, 0.2) is 48.5 Å². The number of carbonyl (C=O) groups excluding carboxylic acids is 1. The van der Waals surface area contributed by atoms with Crippen molar-refractivity contribution in [3.05, 3.63) is 70.8 Å². The van der Waals surface area contributed by atoms with Crippen LogP contribution >= 0.6 is 0 Å². The van der Waals surface area contributed by atoms with Gasteiger partial charge in [-0.2, -0.15) is 0 Å². The lowest BCUT2D eigenvalue weighted by Gasteiger charge is -2.32. The van der Waals surface area contributed by atoms with Crippen molar-refractivity contribution in [1.82, 2.24) is 5.32 Å². The number of hydrogen-bond acceptors (Lipinski definition) is 3. The SMILES string of the molecule is Cc1cc(C(=O)O)cc(C(=O)NCC2CCCOC2c2ccccc2)c1. The number of carbonyl (C=O) groups is 2. The Morgan fingerprint density at radius 2 is 1.88 bits per heavy atom. The van der Waals surface area contributed by atoms with Gasteiger partial charge in [0.05, 0.1) is 11.7 Å². The molecule has 2 atom stereocenters. The minimum atomic E-state index is -1.03. The van der Waals surface area contributed by atoms with Gasteiger partial charge in [-0.15, -0.1) is 0 Å². The number of carboxylic acid groups (broad SMARTS) is 1. The molecule has 1 fully saturated rings. The van der Waals surface area contributed by atoms with Crippen LogP contribution in [0.1, 0.15) is 50.8 Å². The predicted octanol–water partition coefficient (Wildman–Crippen LogP) is 3.59. The van der Waals surface area contributed by atoms with E-state index in [1.807, 2.05) is 30.3 Å². The lowest BCUT2D eigenvalue weighted by molar-refractivity contribution is -0.0272. The summed E-state index contributed by atoms with van der Waals surface area (Å²) in [7, 11) is 0. The van der Waals surface area contributed by atoms with Crippen LogP contribution in [0.5, 0.6) is 0 Å². The van der Waals surface area contributed by atoms with Crippen molar-refractivity contribution in [3.8, 4) is 0 Å². The van der Waals surface area contributed by atoms with Crippen LogP contribution in [0.4, 0.5) is 0 Å². The molecule has 2 aromatic rings. The second kappa shape index (κ2) is 8.15. The second-order valence-corrected chi connectivity index (χ2v) is 6.71. The molecule has 0 radical (unpaired) electrons. The smallest absolute Gasteiger partial charge is 0.335 e. The molecular weight excluding hydrogens is 330 g/mol. The van der Waals surface area contributed by atoms with Crippen molar-refractivity contribution in [2.45, 2.75) is 25.9 Å². The summed E-state index contributed by atoms with van der Waals surface area (Å²) in [4.78, 5) is 23.7. The van der Waals surface area contributed by atoms with Gasteiger partial charge in [-0.25, -0.2) is 4.79 Å². The molecule has 0 saturated carbocycles. The number of aryl methyl sites for hydroxylation is 1. The molecule has 0 bridgehead atoms. The highest BCUT2D eigenvalue weighted by Crippen LogP contribution is 2.33. The lowest BCUT2D eigenvalue weighted by atomic mass is 9.89. The molecule has 1 aliphatic heterocycles. The zero-order valence-corrected chi connectivity index (χ0v) is 14.8. The van der Waals surface area contributed by atoms with Crippen molar-refractivity contribution in [2.24, 2.45) is 5.92 Å². The number of rotatable bonds is 5. The third-order valence-corrected chi connectivity index (χ3v) is 4.68. The van der Waals surface area contributed by atoms with Crippen LogP contribution in [0, 0.1) is 12.8 Å². The highest BCUT2D eigenvalue weighted by Gasteiger charge is 2.27. The monoisotopic (exact) mass is 353 g/mol. The van der Waals surface area contributed by atoms with Crippen molar-refractivity contribution < 1.29 is 19.4 Å². The third-order valence-electron chi connectivity index (χ3n) is 4.68. The summed E-state index contributed by atoms with van der Waals surface area (Å²) in [5.41, 5.74) is 2.36. The van der Waals surface area contributed by atoms with Crippen LogP contribution in [-0.4, -0.2) is 30.1 Å². The van der Waals surface area contributed by atoms with Crippen molar-refractivity contribution >= 4 is 11.9 Å². The summed E-state index contributed by atoms with van der Waals surface area (Å²) in [5.74, 6) is -1.10. The fraction of sp³-hybridized carbons (Fsp3) is 0.333. The number of benzene rings is 2. The minimum absolute atomic E-state index is 0.0302. The van der Waals surface area contributed by atoms with Crippen molar-refractivity contribution in [2.75, 3.05) is 13.2 Å². The lowest BCUT2D eigenvalue weighted by Crippen LogP contribution is -2.35. The molecule has 1 saturated heterocycles. The second-order valence-electron chi connectivity index (χ2n) is 6.71. The number of aromatic carboxylic acids is 1. The number of nitrogens with one attached hydrogen (secondary N) is 1. The molecule has 2 unspecified atom stereocenters. The average Bonchev–Trinajstić information content (AvgIpc) is 2.66. The summed E-state index contributed by atoms with van der Waals surface area (Å²) in [6, 6.07) is 14.7. The molecule has 2 aromatic carbocycles. The molecule has 1 heterocycles. The Bertz CT molecular complexity index is 788. The van der Waals surface area contributed by atoms with Gasteiger partial charge in [-0.3, -0.25) is 4.79 Å². The van der Waals surface area contributed by atoms with E-state index in [2.05, 4.69) is 5.32 Å². The van der Waals surface area contributed by atoms with E-state index in [1.54, 1.807) is 19.1 Å². The fourth-order valence-corrected chi connectivity index (χ4v) is 3.43. The molecule has 26 heavy (non-hydrogen) atoms. The molecule has 2 N–H and O–H groups in total. The Hall–Kier alpha value is -2.66. The Balaban J connectivity index is 1.69. The van der Waals surface area contributed by atoms with Gasteiger partial charge in [0.1, 0.15) is 0 Å². The zero-order valence-electron chi connectivity index (χ0n) is 14.8. The van der Waals surface area contributed by atoms with Crippen LogP contribution in [0.2, 0.25) is 0 Å². The van der Waals surface area contributed by atoms with Gasteiger partial charge in [0, 0.05) is 24.6 Å². The fourth-order valence-electron chi connectivity index (χ4n) is 3.43. The van der Waals surface area contributed by atoms with E-state index in [0.29, 0.717) is 12.1 Å². The molecule has 1 amide bonds. The predicted molar refractivity (Wildman–Crippen MR) is 98.3 cm³/mol. The first-order chi connectivity index (χ1) is 12.5. The molecule has 136 valence electrons. The van der Waals surface area contributed by atoms with Gasteiger partial charge >= 0.3 is 5.97 Å². The summed E-state index contributed by atoms with van der Waals surface area (Å²) in [5, 5.41) is 12.1. The van der Waals surface area contributed by atoms with Crippen LogP contribution < -0.4 is 5.32 Å². The zero-order chi connectivity index (χ0) is 18.5. The van der Waals surface area contributed by atoms with Crippen molar-refractivity contribution in [1.29, 1.82) is 0 Å². The Labute approximate surface area is 153 Å². The summed E-state index contributed by atoms with van der Waals surface area (Å²) >= 11 is 0. The van der Waals surface area contributed by atoms with E-state index < -0.39 is 5.97 Å². The molecule has 0 aliphatic carbocycles. The first kappa shape index (κ1) is 18.1. The third kappa shape index (κ3) is 4.29.